The van der Waals surface area contributed by atoms with Crippen molar-refractivity contribution in [3.63, 3.8) is 0 Å². The van der Waals surface area contributed by atoms with Gasteiger partial charge in [0.05, 0.1) is 5.69 Å². The molecule has 0 bridgehead atoms. The highest BCUT2D eigenvalue weighted by molar-refractivity contribution is 6.53. The van der Waals surface area contributed by atoms with Gasteiger partial charge in [0.1, 0.15) is 9.75 Å². The van der Waals surface area contributed by atoms with E-state index in [1.54, 1.807) is 6.92 Å². The third-order valence-electron chi connectivity index (χ3n) is 3.58. The SMILES string of the molecule is CC1(C(=O)OCc2nnnn2-c2ccccc2)CC1(Cl)Cl. The minimum atomic E-state index is -1.05. The lowest BCUT2D eigenvalue weighted by Gasteiger charge is -2.11. The lowest BCUT2D eigenvalue weighted by Crippen LogP contribution is -2.22. The van der Waals surface area contributed by atoms with E-state index in [0.717, 1.165) is 5.69 Å². The molecule has 2 aromatic rings. The number of rotatable bonds is 4. The Morgan fingerprint density at radius 3 is 2.67 bits per heavy atom. The second kappa shape index (κ2) is 4.96. The van der Waals surface area contributed by atoms with E-state index in [2.05, 4.69) is 15.5 Å². The minimum Gasteiger partial charge on any atom is -0.457 e. The number of hydrogen-bond donors (Lipinski definition) is 0. The fourth-order valence-corrected chi connectivity index (χ4v) is 2.67. The van der Waals surface area contributed by atoms with Gasteiger partial charge in [0.25, 0.3) is 0 Å². The molecule has 1 heterocycles. The molecular weight excluding hydrogens is 315 g/mol. The predicted molar refractivity (Wildman–Crippen MR) is 76.1 cm³/mol. The molecule has 1 aromatic heterocycles. The molecule has 1 fully saturated rings. The molecule has 1 saturated carbocycles. The van der Waals surface area contributed by atoms with E-state index in [9.17, 15) is 4.79 Å². The Kier molecular flexibility index (Phi) is 3.37. The largest absolute Gasteiger partial charge is 0.457 e. The maximum atomic E-state index is 12.0. The molecule has 0 aliphatic heterocycles. The van der Waals surface area contributed by atoms with Crippen LogP contribution in [0.3, 0.4) is 0 Å². The number of alkyl halides is 2. The summed E-state index contributed by atoms with van der Waals surface area (Å²) in [5.74, 6) is -0.0244. The number of nitrogens with zero attached hydrogens (tertiary/aromatic N) is 4. The van der Waals surface area contributed by atoms with Gasteiger partial charge < -0.3 is 4.74 Å². The first kappa shape index (κ1) is 14.3. The number of benzene rings is 1. The summed E-state index contributed by atoms with van der Waals surface area (Å²) in [6.45, 7) is 1.63. The predicted octanol–water partition coefficient (Wildman–Crippen LogP) is 2.29. The molecule has 1 unspecified atom stereocenters. The molecule has 0 amide bonds. The molecule has 110 valence electrons. The zero-order valence-corrected chi connectivity index (χ0v) is 12.7. The van der Waals surface area contributed by atoms with Crippen LogP contribution in [-0.2, 0) is 16.1 Å². The van der Waals surface area contributed by atoms with Crippen molar-refractivity contribution in [3.05, 3.63) is 36.2 Å². The van der Waals surface area contributed by atoms with Crippen molar-refractivity contribution >= 4 is 29.2 Å². The Labute approximate surface area is 131 Å². The van der Waals surface area contributed by atoms with Crippen molar-refractivity contribution < 1.29 is 9.53 Å². The van der Waals surface area contributed by atoms with Crippen LogP contribution in [0, 0.1) is 5.41 Å². The Balaban J connectivity index is 1.70. The van der Waals surface area contributed by atoms with Crippen molar-refractivity contribution in [2.75, 3.05) is 0 Å². The van der Waals surface area contributed by atoms with Gasteiger partial charge in [-0.2, -0.15) is 4.68 Å². The molecule has 8 heteroatoms. The second-order valence-corrected chi connectivity index (χ2v) is 6.62. The molecule has 1 aliphatic rings. The highest BCUT2D eigenvalue weighted by Gasteiger charge is 2.69. The van der Waals surface area contributed by atoms with Crippen LogP contribution in [0.25, 0.3) is 5.69 Å². The van der Waals surface area contributed by atoms with Gasteiger partial charge in [-0.3, -0.25) is 4.79 Å². The van der Waals surface area contributed by atoms with E-state index < -0.39 is 15.7 Å². The monoisotopic (exact) mass is 326 g/mol. The standard InChI is InChI=1S/C13H12Cl2N4O2/c1-12(8-13(12,14)15)11(20)21-7-10-16-17-18-19(10)9-5-3-2-4-6-9/h2-6H,7-8H2,1H3. The molecule has 1 aliphatic carbocycles. The van der Waals surface area contributed by atoms with Crippen LogP contribution in [0.2, 0.25) is 0 Å². The number of hydrogen-bond acceptors (Lipinski definition) is 5. The molecule has 0 N–H and O–H groups in total. The number of para-hydroxylation sites is 1. The molecular formula is C13H12Cl2N4O2. The van der Waals surface area contributed by atoms with E-state index in [0.29, 0.717) is 12.2 Å². The lowest BCUT2D eigenvalue weighted by molar-refractivity contribution is -0.151. The topological polar surface area (TPSA) is 69.9 Å². The van der Waals surface area contributed by atoms with Crippen molar-refractivity contribution in [2.45, 2.75) is 24.3 Å². The quantitative estimate of drug-likeness (QED) is 0.636. The van der Waals surface area contributed by atoms with Crippen molar-refractivity contribution in [2.24, 2.45) is 5.41 Å². The smallest absolute Gasteiger partial charge is 0.315 e. The van der Waals surface area contributed by atoms with Crippen LogP contribution in [0.15, 0.2) is 30.3 Å². The highest BCUT2D eigenvalue weighted by atomic mass is 35.5. The summed E-state index contributed by atoms with van der Waals surface area (Å²) in [5.41, 5.74) is -0.0727. The maximum absolute atomic E-state index is 12.0. The van der Waals surface area contributed by atoms with E-state index in [1.165, 1.54) is 4.68 Å². The van der Waals surface area contributed by atoms with Gasteiger partial charge in [-0.15, -0.1) is 28.3 Å². The van der Waals surface area contributed by atoms with Gasteiger partial charge >= 0.3 is 5.97 Å². The van der Waals surface area contributed by atoms with Gasteiger partial charge in [0.2, 0.25) is 0 Å². The summed E-state index contributed by atoms with van der Waals surface area (Å²) in [5, 5.41) is 11.3. The Hall–Kier alpha value is -1.66. The Bertz CT molecular complexity index is 674. The van der Waals surface area contributed by atoms with E-state index in [-0.39, 0.29) is 6.61 Å². The summed E-state index contributed by atoms with van der Waals surface area (Å²) in [6.07, 6.45) is 0.381. The number of esters is 1. The minimum absolute atomic E-state index is 0.0415. The average molecular weight is 327 g/mol. The van der Waals surface area contributed by atoms with Gasteiger partial charge in [-0.05, 0) is 29.5 Å². The Morgan fingerprint density at radius 1 is 1.38 bits per heavy atom. The third-order valence-corrected chi connectivity index (χ3v) is 4.68. The van der Waals surface area contributed by atoms with E-state index in [1.807, 2.05) is 30.3 Å². The third kappa shape index (κ3) is 2.49. The fraction of sp³-hybridized carbons (Fsp3) is 0.385. The Morgan fingerprint density at radius 2 is 2.05 bits per heavy atom. The molecule has 3 rings (SSSR count). The van der Waals surface area contributed by atoms with E-state index >= 15 is 0 Å². The zero-order chi connectivity index (χ0) is 15.1. The van der Waals surface area contributed by atoms with Crippen molar-refractivity contribution in [1.82, 2.24) is 20.2 Å². The summed E-state index contributed by atoms with van der Waals surface area (Å²) in [6, 6.07) is 9.33. The summed E-state index contributed by atoms with van der Waals surface area (Å²) in [7, 11) is 0. The fourth-order valence-electron chi connectivity index (χ4n) is 1.98. The van der Waals surface area contributed by atoms with Crippen LogP contribution in [-0.4, -0.2) is 30.5 Å². The van der Waals surface area contributed by atoms with Crippen molar-refractivity contribution in [1.29, 1.82) is 0 Å². The maximum Gasteiger partial charge on any atom is 0.315 e. The number of ether oxygens (including phenoxy) is 1. The zero-order valence-electron chi connectivity index (χ0n) is 11.2. The number of tetrazole rings is 1. The van der Waals surface area contributed by atoms with Crippen LogP contribution in [0.4, 0.5) is 0 Å². The van der Waals surface area contributed by atoms with Gasteiger partial charge in [0, 0.05) is 6.42 Å². The van der Waals surface area contributed by atoms with Crippen LogP contribution >= 0.6 is 23.2 Å². The first-order valence-corrected chi connectivity index (χ1v) is 7.07. The normalized spacial score (nSPS) is 22.8. The summed E-state index contributed by atoms with van der Waals surface area (Å²) >= 11 is 11.9. The molecule has 6 nitrogen and oxygen atoms in total. The number of halogens is 2. The number of carbonyl (C=O) groups excluding carboxylic acids is 1. The highest BCUT2D eigenvalue weighted by Crippen LogP contribution is 2.64. The summed E-state index contributed by atoms with van der Waals surface area (Å²) in [4.78, 5) is 12.0. The first-order valence-electron chi connectivity index (χ1n) is 6.32. The van der Waals surface area contributed by atoms with Crippen LogP contribution < -0.4 is 0 Å². The number of carbonyl (C=O) groups is 1. The molecule has 1 atom stereocenters. The lowest BCUT2D eigenvalue weighted by atomic mass is 10.1. The molecule has 0 radical (unpaired) electrons. The van der Waals surface area contributed by atoms with E-state index in [4.69, 9.17) is 27.9 Å². The van der Waals surface area contributed by atoms with Gasteiger partial charge in [-0.1, -0.05) is 18.2 Å². The van der Waals surface area contributed by atoms with Crippen LogP contribution in [0.5, 0.6) is 0 Å². The van der Waals surface area contributed by atoms with Crippen molar-refractivity contribution in [3.8, 4) is 5.69 Å². The first-order chi connectivity index (χ1) is 9.94. The van der Waals surface area contributed by atoms with Gasteiger partial charge in [-0.25, -0.2) is 0 Å². The molecule has 0 saturated heterocycles. The number of aromatic nitrogens is 4. The molecule has 21 heavy (non-hydrogen) atoms. The second-order valence-electron chi connectivity index (χ2n) is 5.13. The molecule has 1 aromatic carbocycles. The summed E-state index contributed by atoms with van der Waals surface area (Å²) < 4.78 is 5.70. The van der Waals surface area contributed by atoms with Gasteiger partial charge in [0.15, 0.2) is 12.4 Å². The van der Waals surface area contributed by atoms with Crippen LogP contribution in [0.1, 0.15) is 19.2 Å². The molecule has 0 spiro atoms. The average Bonchev–Trinajstić information content (AvgIpc) is 2.83.